The van der Waals surface area contributed by atoms with Crippen molar-refractivity contribution < 1.29 is 0 Å². The lowest BCUT2D eigenvalue weighted by molar-refractivity contribution is 0.770. The number of aromatic amines is 1. The first-order chi connectivity index (χ1) is 22.8. The minimum absolute atomic E-state index is 0.448. The molecule has 1 heterocycles. The number of benzene rings is 9. The van der Waals surface area contributed by atoms with Crippen molar-refractivity contribution in [2.24, 2.45) is 0 Å². The first kappa shape index (κ1) is 24.4. The van der Waals surface area contributed by atoms with Crippen molar-refractivity contribution in [2.75, 3.05) is 0 Å². The minimum Gasteiger partial charge on any atom is -0.354 e. The molecule has 0 amide bonds. The van der Waals surface area contributed by atoms with Gasteiger partial charge in [0.25, 0.3) is 0 Å². The van der Waals surface area contributed by atoms with Gasteiger partial charge in [0.05, 0.1) is 5.41 Å². The highest BCUT2D eigenvalue weighted by atomic mass is 14.7. The topological polar surface area (TPSA) is 15.8 Å². The predicted molar refractivity (Wildman–Crippen MR) is 194 cm³/mol. The Morgan fingerprint density at radius 3 is 1.67 bits per heavy atom. The average Bonchev–Trinajstić information content (AvgIpc) is 3.65. The molecule has 0 unspecified atom stereocenters. The normalized spacial score (nSPS) is 13.8. The van der Waals surface area contributed by atoms with E-state index in [0.717, 1.165) is 0 Å². The van der Waals surface area contributed by atoms with E-state index >= 15 is 0 Å². The SMILES string of the molecule is c1ccc(C2(c3ccccc3)c3ccccc3-c3c2cc2c4cc5[nH]c6ccccc6c5c5cccc(c6cccc3c62)c45)cc1. The van der Waals surface area contributed by atoms with Crippen LogP contribution in [0.2, 0.25) is 0 Å². The molecular weight excluding hydrogens is 555 g/mol. The van der Waals surface area contributed by atoms with Crippen LogP contribution in [-0.4, -0.2) is 4.98 Å². The van der Waals surface area contributed by atoms with Crippen LogP contribution in [-0.2, 0) is 5.41 Å². The van der Waals surface area contributed by atoms with Crippen LogP contribution in [0.4, 0.5) is 0 Å². The molecule has 0 radical (unpaired) electrons. The summed E-state index contributed by atoms with van der Waals surface area (Å²) < 4.78 is 0. The fraction of sp³-hybridized carbons (Fsp3) is 0.0222. The van der Waals surface area contributed by atoms with Crippen LogP contribution in [0.1, 0.15) is 22.3 Å². The highest BCUT2D eigenvalue weighted by molar-refractivity contribution is 6.39. The Bertz CT molecular complexity index is 2800. The van der Waals surface area contributed by atoms with Gasteiger partial charge in [-0.2, -0.15) is 0 Å². The van der Waals surface area contributed by atoms with E-state index < -0.39 is 5.41 Å². The van der Waals surface area contributed by atoms with Crippen molar-refractivity contribution >= 4 is 64.9 Å². The molecule has 1 aromatic heterocycles. The van der Waals surface area contributed by atoms with E-state index in [1.54, 1.807) is 0 Å². The van der Waals surface area contributed by atoms with Gasteiger partial charge in [-0.25, -0.2) is 0 Å². The molecule has 0 aliphatic heterocycles. The second kappa shape index (κ2) is 8.62. The quantitative estimate of drug-likeness (QED) is 0.154. The number of rotatable bonds is 2. The molecule has 1 N–H and O–H groups in total. The molecule has 0 saturated heterocycles. The molecule has 0 atom stereocenters. The fourth-order valence-corrected chi connectivity index (χ4v) is 9.11. The van der Waals surface area contributed by atoms with Crippen LogP contribution in [0.3, 0.4) is 0 Å². The Balaban J connectivity index is 1.42. The predicted octanol–water partition coefficient (Wildman–Crippen LogP) is 11.7. The molecule has 0 spiro atoms. The van der Waals surface area contributed by atoms with E-state index in [9.17, 15) is 0 Å². The number of H-pyrrole nitrogens is 1. The Morgan fingerprint density at radius 1 is 0.348 bits per heavy atom. The maximum Gasteiger partial charge on any atom is 0.0714 e. The van der Waals surface area contributed by atoms with Crippen LogP contribution in [0.15, 0.2) is 158 Å². The van der Waals surface area contributed by atoms with Crippen LogP contribution >= 0.6 is 0 Å². The van der Waals surface area contributed by atoms with Gasteiger partial charge in [0.2, 0.25) is 0 Å². The van der Waals surface area contributed by atoms with E-state index in [0.29, 0.717) is 0 Å². The first-order valence-corrected chi connectivity index (χ1v) is 16.1. The van der Waals surface area contributed by atoms with E-state index in [-0.39, 0.29) is 0 Å². The second-order valence-electron chi connectivity index (χ2n) is 12.8. The molecule has 11 rings (SSSR count). The smallest absolute Gasteiger partial charge is 0.0714 e. The molecule has 0 bridgehead atoms. The highest BCUT2D eigenvalue weighted by Crippen LogP contribution is 2.59. The molecule has 46 heavy (non-hydrogen) atoms. The molecular formula is C45H27N. The van der Waals surface area contributed by atoms with E-state index in [1.165, 1.54) is 98.3 Å². The van der Waals surface area contributed by atoms with Gasteiger partial charge >= 0.3 is 0 Å². The molecule has 9 aromatic carbocycles. The molecule has 1 heteroatoms. The van der Waals surface area contributed by atoms with Crippen LogP contribution in [0, 0.1) is 0 Å². The number of hydrogen-bond acceptors (Lipinski definition) is 0. The second-order valence-corrected chi connectivity index (χ2v) is 12.8. The first-order valence-electron chi connectivity index (χ1n) is 16.1. The molecule has 0 saturated carbocycles. The van der Waals surface area contributed by atoms with Gasteiger partial charge in [-0.05, 0) is 94.7 Å². The number of para-hydroxylation sites is 1. The van der Waals surface area contributed by atoms with Gasteiger partial charge < -0.3 is 4.98 Å². The summed E-state index contributed by atoms with van der Waals surface area (Å²) in [5, 5.41) is 13.2. The average molecular weight is 582 g/mol. The van der Waals surface area contributed by atoms with Crippen molar-refractivity contribution in [3.05, 3.63) is 180 Å². The summed E-state index contributed by atoms with van der Waals surface area (Å²) >= 11 is 0. The fourth-order valence-electron chi connectivity index (χ4n) is 9.11. The molecule has 10 aromatic rings. The standard InChI is InChI=1S/C45H27N/c1-3-13-27(14-4-1)45(28-15-5-2-6-16-28)37-23-9-7-17-31(37)43-33-21-11-19-29-30-20-12-22-34-42(30)36(35(41(29)33)25-38(43)45)26-40-44(34)32-18-8-10-24-39(32)46-40/h1-26,46H. The Hall–Kier alpha value is -5.92. The number of aromatic nitrogens is 1. The van der Waals surface area contributed by atoms with Gasteiger partial charge in [0.1, 0.15) is 0 Å². The van der Waals surface area contributed by atoms with Gasteiger partial charge in [-0.3, -0.25) is 0 Å². The third-order valence-corrected chi connectivity index (χ3v) is 10.8. The third kappa shape index (κ3) is 2.83. The summed E-state index contributed by atoms with van der Waals surface area (Å²) in [6, 6.07) is 58.9. The third-order valence-electron chi connectivity index (χ3n) is 10.8. The number of hydrogen-bond donors (Lipinski definition) is 1. The zero-order valence-corrected chi connectivity index (χ0v) is 25.0. The Labute approximate surface area is 265 Å². The van der Waals surface area contributed by atoms with Crippen molar-refractivity contribution in [1.29, 1.82) is 0 Å². The molecule has 1 aliphatic carbocycles. The summed E-state index contributed by atoms with van der Waals surface area (Å²) in [6.45, 7) is 0. The van der Waals surface area contributed by atoms with Crippen LogP contribution < -0.4 is 0 Å². The lowest BCUT2D eigenvalue weighted by Gasteiger charge is -2.34. The van der Waals surface area contributed by atoms with Gasteiger partial charge in [0.15, 0.2) is 0 Å². The van der Waals surface area contributed by atoms with Gasteiger partial charge in [-0.15, -0.1) is 0 Å². The minimum atomic E-state index is -0.448. The van der Waals surface area contributed by atoms with Crippen LogP contribution in [0.25, 0.3) is 76.0 Å². The Kier molecular flexibility index (Phi) is 4.57. The molecule has 1 nitrogen and oxygen atoms in total. The van der Waals surface area contributed by atoms with Gasteiger partial charge in [-0.1, -0.05) is 140 Å². The molecule has 0 fully saturated rings. The summed E-state index contributed by atoms with van der Waals surface area (Å²) in [5.74, 6) is 0. The van der Waals surface area contributed by atoms with Crippen molar-refractivity contribution in [3.63, 3.8) is 0 Å². The lowest BCUT2D eigenvalue weighted by atomic mass is 9.67. The lowest BCUT2D eigenvalue weighted by Crippen LogP contribution is -2.28. The number of nitrogens with one attached hydrogen (secondary N) is 1. The molecule has 1 aliphatic rings. The van der Waals surface area contributed by atoms with Gasteiger partial charge in [0, 0.05) is 21.8 Å². The summed E-state index contributed by atoms with van der Waals surface area (Å²) in [6.07, 6.45) is 0. The highest BCUT2D eigenvalue weighted by Gasteiger charge is 2.47. The van der Waals surface area contributed by atoms with E-state index in [2.05, 4.69) is 163 Å². The maximum absolute atomic E-state index is 3.78. The maximum atomic E-state index is 3.78. The van der Waals surface area contributed by atoms with Crippen LogP contribution in [0.5, 0.6) is 0 Å². The monoisotopic (exact) mass is 581 g/mol. The van der Waals surface area contributed by atoms with E-state index in [4.69, 9.17) is 0 Å². The van der Waals surface area contributed by atoms with Crippen molar-refractivity contribution in [1.82, 2.24) is 4.98 Å². The summed E-state index contributed by atoms with van der Waals surface area (Å²) in [4.78, 5) is 3.78. The largest absolute Gasteiger partial charge is 0.354 e. The zero-order chi connectivity index (χ0) is 30.0. The summed E-state index contributed by atoms with van der Waals surface area (Å²) in [5.41, 5.74) is 9.89. The Morgan fingerprint density at radius 2 is 0.913 bits per heavy atom. The molecule has 212 valence electrons. The number of fused-ring (bicyclic) bond motifs is 10. The van der Waals surface area contributed by atoms with E-state index in [1.807, 2.05) is 0 Å². The summed E-state index contributed by atoms with van der Waals surface area (Å²) in [7, 11) is 0. The van der Waals surface area contributed by atoms with Crippen molar-refractivity contribution in [2.45, 2.75) is 5.41 Å². The van der Waals surface area contributed by atoms with Crippen molar-refractivity contribution in [3.8, 4) is 11.1 Å². The zero-order valence-electron chi connectivity index (χ0n) is 25.0.